The molecule has 0 aromatic heterocycles. The number of ether oxygens (including phenoxy) is 1. The van der Waals surface area contributed by atoms with Gasteiger partial charge in [0.15, 0.2) is 17.4 Å². The first-order chi connectivity index (χ1) is 6.19. The zero-order valence-corrected chi connectivity index (χ0v) is 7.31. The molecule has 72 valence electrons. The molecule has 0 aliphatic carbocycles. The minimum atomic E-state index is -0.689. The van der Waals surface area contributed by atoms with E-state index >= 15 is 0 Å². The van der Waals surface area contributed by atoms with Crippen molar-refractivity contribution in [2.45, 2.75) is 6.42 Å². The fourth-order valence-corrected chi connectivity index (χ4v) is 1.12. The van der Waals surface area contributed by atoms with Gasteiger partial charge in [-0.25, -0.2) is 8.78 Å². The van der Waals surface area contributed by atoms with Crippen LogP contribution >= 0.6 is 0 Å². The van der Waals surface area contributed by atoms with E-state index in [-0.39, 0.29) is 5.75 Å². The van der Waals surface area contributed by atoms with Crippen LogP contribution in [0.5, 0.6) is 5.75 Å². The maximum absolute atomic E-state index is 13.0. The Bertz CT molecular complexity index is 279. The Hall–Kier alpha value is -1.16. The number of benzene rings is 1. The van der Waals surface area contributed by atoms with Crippen molar-refractivity contribution < 1.29 is 13.5 Å². The fraction of sp³-hybridized carbons (Fsp3) is 0.333. The summed E-state index contributed by atoms with van der Waals surface area (Å²) in [5, 5.41) is 0. The van der Waals surface area contributed by atoms with Gasteiger partial charge in [0.1, 0.15) is 0 Å². The molecule has 1 rings (SSSR count). The SMILES string of the molecule is COc1c(F)cc(CCN)cc1F. The Morgan fingerprint density at radius 2 is 1.85 bits per heavy atom. The topological polar surface area (TPSA) is 35.2 Å². The molecule has 0 saturated carbocycles. The molecule has 0 aliphatic rings. The molecule has 0 heterocycles. The van der Waals surface area contributed by atoms with Crippen LogP contribution in [0.15, 0.2) is 12.1 Å². The summed E-state index contributed by atoms with van der Waals surface area (Å²) >= 11 is 0. The van der Waals surface area contributed by atoms with Crippen LogP contribution in [-0.4, -0.2) is 13.7 Å². The Morgan fingerprint density at radius 1 is 1.31 bits per heavy atom. The second kappa shape index (κ2) is 4.18. The lowest BCUT2D eigenvalue weighted by Gasteiger charge is -2.05. The van der Waals surface area contributed by atoms with E-state index in [9.17, 15) is 8.78 Å². The summed E-state index contributed by atoms with van der Waals surface area (Å²) in [7, 11) is 1.23. The summed E-state index contributed by atoms with van der Waals surface area (Å²) in [6.07, 6.45) is 0.456. The van der Waals surface area contributed by atoms with Gasteiger partial charge in [-0.3, -0.25) is 0 Å². The zero-order valence-electron chi connectivity index (χ0n) is 7.31. The quantitative estimate of drug-likeness (QED) is 0.777. The Balaban J connectivity index is 3.05. The van der Waals surface area contributed by atoms with E-state index in [4.69, 9.17) is 5.73 Å². The number of hydrogen-bond acceptors (Lipinski definition) is 2. The summed E-state index contributed by atoms with van der Waals surface area (Å²) in [6.45, 7) is 0.366. The van der Waals surface area contributed by atoms with Crippen LogP contribution in [0.4, 0.5) is 8.78 Å². The first-order valence-corrected chi connectivity index (χ1v) is 3.91. The molecule has 0 fully saturated rings. The summed E-state index contributed by atoms with van der Waals surface area (Å²) in [5.74, 6) is -1.72. The molecule has 0 spiro atoms. The molecule has 0 amide bonds. The van der Waals surface area contributed by atoms with Gasteiger partial charge in [0.2, 0.25) is 0 Å². The van der Waals surface area contributed by atoms with Gasteiger partial charge in [0.05, 0.1) is 7.11 Å². The summed E-state index contributed by atoms with van der Waals surface area (Å²) in [5.41, 5.74) is 5.80. The number of rotatable bonds is 3. The molecule has 0 atom stereocenters. The van der Waals surface area contributed by atoms with Crippen molar-refractivity contribution in [1.29, 1.82) is 0 Å². The third-order valence-electron chi connectivity index (χ3n) is 1.70. The lowest BCUT2D eigenvalue weighted by atomic mass is 10.1. The highest BCUT2D eigenvalue weighted by molar-refractivity contribution is 5.31. The summed E-state index contributed by atoms with van der Waals surface area (Å²) < 4.78 is 30.6. The second-order valence-corrected chi connectivity index (χ2v) is 2.63. The number of nitrogens with two attached hydrogens (primary N) is 1. The highest BCUT2D eigenvalue weighted by atomic mass is 19.1. The molecule has 0 saturated heterocycles. The van der Waals surface area contributed by atoms with Crippen molar-refractivity contribution in [3.05, 3.63) is 29.3 Å². The molecule has 0 bridgehead atoms. The van der Waals surface area contributed by atoms with Crippen molar-refractivity contribution in [2.24, 2.45) is 5.73 Å². The molecule has 0 unspecified atom stereocenters. The smallest absolute Gasteiger partial charge is 0.190 e. The van der Waals surface area contributed by atoms with Gasteiger partial charge in [-0.1, -0.05) is 0 Å². The van der Waals surface area contributed by atoms with Crippen molar-refractivity contribution in [2.75, 3.05) is 13.7 Å². The predicted molar refractivity (Wildman–Crippen MR) is 45.7 cm³/mol. The zero-order chi connectivity index (χ0) is 9.84. The first kappa shape index (κ1) is 9.92. The van der Waals surface area contributed by atoms with Gasteiger partial charge in [-0.05, 0) is 30.7 Å². The number of hydrogen-bond donors (Lipinski definition) is 1. The van der Waals surface area contributed by atoms with Gasteiger partial charge in [-0.2, -0.15) is 0 Å². The second-order valence-electron chi connectivity index (χ2n) is 2.63. The van der Waals surface area contributed by atoms with Crippen LogP contribution in [-0.2, 0) is 6.42 Å². The molecule has 2 N–H and O–H groups in total. The van der Waals surface area contributed by atoms with Gasteiger partial charge in [0, 0.05) is 0 Å². The van der Waals surface area contributed by atoms with E-state index in [1.807, 2.05) is 0 Å². The Morgan fingerprint density at radius 3 is 2.23 bits per heavy atom. The van der Waals surface area contributed by atoms with Gasteiger partial charge in [0.25, 0.3) is 0 Å². The van der Waals surface area contributed by atoms with E-state index in [1.165, 1.54) is 19.2 Å². The van der Waals surface area contributed by atoms with Crippen molar-refractivity contribution >= 4 is 0 Å². The van der Waals surface area contributed by atoms with E-state index in [0.717, 1.165) is 0 Å². The molecule has 13 heavy (non-hydrogen) atoms. The van der Waals surface area contributed by atoms with Crippen LogP contribution in [0.25, 0.3) is 0 Å². The maximum atomic E-state index is 13.0. The predicted octanol–water partition coefficient (Wildman–Crippen LogP) is 1.47. The first-order valence-electron chi connectivity index (χ1n) is 3.91. The van der Waals surface area contributed by atoms with Crippen LogP contribution in [0.1, 0.15) is 5.56 Å². The minimum Gasteiger partial charge on any atom is -0.491 e. The van der Waals surface area contributed by atoms with E-state index < -0.39 is 11.6 Å². The minimum absolute atomic E-state index is 0.347. The fourth-order valence-electron chi connectivity index (χ4n) is 1.12. The van der Waals surface area contributed by atoms with Crippen LogP contribution in [0, 0.1) is 11.6 Å². The molecule has 1 aromatic rings. The van der Waals surface area contributed by atoms with E-state index in [1.54, 1.807) is 0 Å². The molecule has 2 nitrogen and oxygen atoms in total. The maximum Gasteiger partial charge on any atom is 0.190 e. The summed E-state index contributed by atoms with van der Waals surface area (Å²) in [4.78, 5) is 0. The van der Waals surface area contributed by atoms with Gasteiger partial charge >= 0.3 is 0 Å². The standard InChI is InChI=1S/C9H11F2NO/c1-13-9-7(10)4-6(2-3-12)5-8(9)11/h4-5H,2-3,12H2,1H3. The normalized spacial score (nSPS) is 10.2. The molecular formula is C9H11F2NO. The van der Waals surface area contributed by atoms with Crippen LogP contribution in [0.3, 0.4) is 0 Å². The lowest BCUT2D eigenvalue weighted by molar-refractivity contribution is 0.359. The van der Waals surface area contributed by atoms with Gasteiger partial charge in [-0.15, -0.1) is 0 Å². The average Bonchev–Trinajstić information content (AvgIpc) is 2.04. The Kier molecular flexibility index (Phi) is 3.19. The van der Waals surface area contributed by atoms with Gasteiger partial charge < -0.3 is 10.5 Å². The largest absolute Gasteiger partial charge is 0.491 e. The molecule has 0 aliphatic heterocycles. The highest BCUT2D eigenvalue weighted by Crippen LogP contribution is 2.22. The molecule has 1 aromatic carbocycles. The molecular weight excluding hydrogens is 176 g/mol. The Labute approximate surface area is 75.3 Å². The van der Waals surface area contributed by atoms with Crippen molar-refractivity contribution in [3.63, 3.8) is 0 Å². The number of halogens is 2. The van der Waals surface area contributed by atoms with E-state index in [0.29, 0.717) is 18.5 Å². The number of methoxy groups -OCH3 is 1. The monoisotopic (exact) mass is 187 g/mol. The molecule has 4 heteroatoms. The van der Waals surface area contributed by atoms with Crippen LogP contribution in [0.2, 0.25) is 0 Å². The average molecular weight is 187 g/mol. The third-order valence-corrected chi connectivity index (χ3v) is 1.70. The summed E-state index contributed by atoms with van der Waals surface area (Å²) in [6, 6.07) is 2.46. The third kappa shape index (κ3) is 2.15. The van der Waals surface area contributed by atoms with Crippen LogP contribution < -0.4 is 10.5 Å². The van der Waals surface area contributed by atoms with Crippen molar-refractivity contribution in [1.82, 2.24) is 0 Å². The highest BCUT2D eigenvalue weighted by Gasteiger charge is 2.10. The lowest BCUT2D eigenvalue weighted by Crippen LogP contribution is -2.04. The molecule has 0 radical (unpaired) electrons. The van der Waals surface area contributed by atoms with E-state index in [2.05, 4.69) is 4.74 Å². The van der Waals surface area contributed by atoms with Crippen molar-refractivity contribution in [3.8, 4) is 5.75 Å².